The Balaban J connectivity index is 2.10. The molecular weight excluding hydrogens is 272 g/mol. The zero-order valence-corrected chi connectivity index (χ0v) is 13.7. The van der Waals surface area contributed by atoms with Crippen molar-refractivity contribution in [2.24, 2.45) is 0 Å². The molecule has 1 unspecified atom stereocenters. The number of piperazine rings is 1. The summed E-state index contributed by atoms with van der Waals surface area (Å²) in [6.07, 6.45) is 0. The Kier molecular flexibility index (Phi) is 5.30. The molecule has 0 amide bonds. The molecule has 1 atom stereocenters. The van der Waals surface area contributed by atoms with Crippen LogP contribution in [0.1, 0.15) is 22.1 Å². The largest absolute Gasteiger partial charge is 0.496 e. The van der Waals surface area contributed by atoms with E-state index in [9.17, 15) is 0 Å². The first-order valence-electron chi connectivity index (χ1n) is 7.21. The van der Waals surface area contributed by atoms with E-state index in [1.54, 1.807) is 7.11 Å². The molecule has 0 aliphatic carbocycles. The highest BCUT2D eigenvalue weighted by Gasteiger charge is 2.21. The highest BCUT2D eigenvalue weighted by molar-refractivity contribution is 6.21. The molecule has 20 heavy (non-hydrogen) atoms. The second-order valence-corrected chi connectivity index (χ2v) is 6.30. The van der Waals surface area contributed by atoms with E-state index in [1.807, 2.05) is 0 Å². The molecule has 2 rings (SSSR count). The molecule has 1 heterocycles. The number of alkyl halides is 1. The van der Waals surface area contributed by atoms with Crippen LogP contribution in [0.15, 0.2) is 12.1 Å². The third-order valence-corrected chi connectivity index (χ3v) is 4.38. The highest BCUT2D eigenvalue weighted by Crippen LogP contribution is 2.34. The van der Waals surface area contributed by atoms with Gasteiger partial charge >= 0.3 is 0 Å². The molecule has 1 aromatic carbocycles. The number of rotatable bonds is 4. The lowest BCUT2D eigenvalue weighted by Crippen LogP contribution is -2.45. The standard InChI is InChI=1S/C16H25ClN2O/c1-12-9-13(2)16(20-4)14(10-12)15(17)11-19-7-5-18(3)6-8-19/h9-10,15H,5-8,11H2,1-4H3. The maximum absolute atomic E-state index is 6.67. The third-order valence-electron chi connectivity index (χ3n) is 4.00. The van der Waals surface area contributed by atoms with Crippen LogP contribution in [0.4, 0.5) is 0 Å². The summed E-state index contributed by atoms with van der Waals surface area (Å²) in [5, 5.41) is -0.0213. The van der Waals surface area contributed by atoms with Gasteiger partial charge in [0, 0.05) is 38.3 Å². The monoisotopic (exact) mass is 296 g/mol. The fourth-order valence-electron chi connectivity index (χ4n) is 2.85. The molecule has 3 nitrogen and oxygen atoms in total. The zero-order chi connectivity index (χ0) is 14.7. The van der Waals surface area contributed by atoms with Gasteiger partial charge in [-0.05, 0) is 26.5 Å². The minimum absolute atomic E-state index is 0.0213. The molecule has 4 heteroatoms. The van der Waals surface area contributed by atoms with Crippen molar-refractivity contribution in [1.29, 1.82) is 0 Å². The van der Waals surface area contributed by atoms with Crippen LogP contribution in [0, 0.1) is 13.8 Å². The summed E-state index contributed by atoms with van der Waals surface area (Å²) in [5.41, 5.74) is 3.51. The quantitative estimate of drug-likeness (QED) is 0.795. The molecule has 0 radical (unpaired) electrons. The van der Waals surface area contributed by atoms with E-state index in [-0.39, 0.29) is 5.38 Å². The first-order valence-corrected chi connectivity index (χ1v) is 7.65. The third kappa shape index (κ3) is 3.66. The lowest BCUT2D eigenvalue weighted by Gasteiger charge is -2.33. The molecule has 1 aromatic rings. The van der Waals surface area contributed by atoms with Gasteiger partial charge in [-0.1, -0.05) is 17.7 Å². The number of aryl methyl sites for hydroxylation is 2. The van der Waals surface area contributed by atoms with E-state index < -0.39 is 0 Å². The van der Waals surface area contributed by atoms with Crippen LogP contribution in [0.3, 0.4) is 0 Å². The molecular formula is C16H25ClN2O. The molecule has 1 aliphatic heterocycles. The first-order chi connectivity index (χ1) is 9.51. The number of nitrogens with zero attached hydrogens (tertiary/aromatic N) is 2. The molecule has 112 valence electrons. The Morgan fingerprint density at radius 1 is 1.20 bits per heavy atom. The average Bonchev–Trinajstić information content (AvgIpc) is 2.40. The summed E-state index contributed by atoms with van der Waals surface area (Å²) >= 11 is 6.67. The predicted molar refractivity (Wildman–Crippen MR) is 85.0 cm³/mol. The van der Waals surface area contributed by atoms with Crippen molar-refractivity contribution in [2.75, 3.05) is 46.9 Å². The molecule has 1 saturated heterocycles. The lowest BCUT2D eigenvalue weighted by molar-refractivity contribution is 0.154. The van der Waals surface area contributed by atoms with Gasteiger partial charge in [0.1, 0.15) is 5.75 Å². The number of likely N-dealkylation sites (N-methyl/N-ethyl adjacent to an activating group) is 1. The topological polar surface area (TPSA) is 15.7 Å². The van der Waals surface area contributed by atoms with Crippen LogP contribution >= 0.6 is 11.6 Å². The van der Waals surface area contributed by atoms with Gasteiger partial charge in [0.25, 0.3) is 0 Å². The van der Waals surface area contributed by atoms with Gasteiger partial charge in [-0.3, -0.25) is 4.90 Å². The van der Waals surface area contributed by atoms with E-state index in [2.05, 4.69) is 42.8 Å². The van der Waals surface area contributed by atoms with Crippen molar-refractivity contribution < 1.29 is 4.74 Å². The maximum atomic E-state index is 6.67. The SMILES string of the molecule is COc1c(C)cc(C)cc1C(Cl)CN1CCN(C)CC1. The minimum Gasteiger partial charge on any atom is -0.496 e. The number of benzene rings is 1. The Labute approximate surface area is 127 Å². The van der Waals surface area contributed by atoms with Crippen molar-refractivity contribution in [2.45, 2.75) is 19.2 Å². The molecule has 0 saturated carbocycles. The predicted octanol–water partition coefficient (Wildman–Crippen LogP) is 2.84. The van der Waals surface area contributed by atoms with Crippen molar-refractivity contribution in [3.63, 3.8) is 0 Å². The molecule has 0 N–H and O–H groups in total. The molecule has 1 fully saturated rings. The molecule has 1 aliphatic rings. The van der Waals surface area contributed by atoms with Crippen LogP contribution in [-0.2, 0) is 0 Å². The summed E-state index contributed by atoms with van der Waals surface area (Å²) in [7, 11) is 3.89. The second-order valence-electron chi connectivity index (χ2n) is 5.78. The first kappa shape index (κ1) is 15.6. The van der Waals surface area contributed by atoms with E-state index in [1.165, 1.54) is 5.56 Å². The van der Waals surface area contributed by atoms with E-state index in [4.69, 9.17) is 16.3 Å². The number of hydrogen-bond acceptors (Lipinski definition) is 3. The molecule has 0 bridgehead atoms. The van der Waals surface area contributed by atoms with Crippen LogP contribution in [0.2, 0.25) is 0 Å². The van der Waals surface area contributed by atoms with Crippen molar-refractivity contribution in [3.8, 4) is 5.75 Å². The zero-order valence-electron chi connectivity index (χ0n) is 12.9. The lowest BCUT2D eigenvalue weighted by atomic mass is 10.0. The summed E-state index contributed by atoms with van der Waals surface area (Å²) in [6.45, 7) is 9.49. The molecule has 0 spiro atoms. The average molecular weight is 297 g/mol. The van der Waals surface area contributed by atoms with Gasteiger partial charge in [-0.15, -0.1) is 11.6 Å². The number of methoxy groups -OCH3 is 1. The number of ether oxygens (including phenoxy) is 1. The van der Waals surface area contributed by atoms with E-state index in [0.29, 0.717) is 0 Å². The van der Waals surface area contributed by atoms with Gasteiger partial charge in [0.05, 0.1) is 12.5 Å². The van der Waals surface area contributed by atoms with Gasteiger partial charge in [-0.25, -0.2) is 0 Å². The Morgan fingerprint density at radius 3 is 2.45 bits per heavy atom. The fraction of sp³-hybridized carbons (Fsp3) is 0.625. The highest BCUT2D eigenvalue weighted by atomic mass is 35.5. The van der Waals surface area contributed by atoms with Gasteiger partial charge in [0.2, 0.25) is 0 Å². The number of hydrogen-bond donors (Lipinski definition) is 0. The smallest absolute Gasteiger partial charge is 0.126 e. The Morgan fingerprint density at radius 2 is 1.85 bits per heavy atom. The molecule has 0 aromatic heterocycles. The normalized spacial score (nSPS) is 19.1. The summed E-state index contributed by atoms with van der Waals surface area (Å²) in [6, 6.07) is 4.29. The van der Waals surface area contributed by atoms with Gasteiger partial charge < -0.3 is 9.64 Å². The second kappa shape index (κ2) is 6.79. The van der Waals surface area contributed by atoms with Crippen LogP contribution in [-0.4, -0.2) is 56.7 Å². The maximum Gasteiger partial charge on any atom is 0.126 e. The van der Waals surface area contributed by atoms with Crippen molar-refractivity contribution >= 4 is 11.6 Å². The Hall–Kier alpha value is -0.770. The summed E-state index contributed by atoms with van der Waals surface area (Å²) < 4.78 is 5.55. The summed E-state index contributed by atoms with van der Waals surface area (Å²) in [5.74, 6) is 0.935. The van der Waals surface area contributed by atoms with Crippen molar-refractivity contribution in [1.82, 2.24) is 9.80 Å². The van der Waals surface area contributed by atoms with Gasteiger partial charge in [-0.2, -0.15) is 0 Å². The van der Waals surface area contributed by atoms with Crippen molar-refractivity contribution in [3.05, 3.63) is 28.8 Å². The van der Waals surface area contributed by atoms with Crippen LogP contribution < -0.4 is 4.74 Å². The summed E-state index contributed by atoms with van der Waals surface area (Å²) in [4.78, 5) is 4.80. The Bertz CT molecular complexity index is 456. The van der Waals surface area contributed by atoms with Gasteiger partial charge in [0.15, 0.2) is 0 Å². The van der Waals surface area contributed by atoms with E-state index in [0.717, 1.165) is 49.6 Å². The van der Waals surface area contributed by atoms with E-state index >= 15 is 0 Å². The van der Waals surface area contributed by atoms with Crippen LogP contribution in [0.25, 0.3) is 0 Å². The fourth-order valence-corrected chi connectivity index (χ4v) is 3.21. The number of halogens is 1. The minimum atomic E-state index is -0.0213. The van der Waals surface area contributed by atoms with Crippen LogP contribution in [0.5, 0.6) is 5.75 Å².